The number of nitrogens with zero attached hydrogens (tertiary/aromatic N) is 1. The van der Waals surface area contributed by atoms with Crippen LogP contribution in [0.5, 0.6) is 0 Å². The van der Waals surface area contributed by atoms with Crippen LogP contribution in [0.2, 0.25) is 0 Å². The minimum absolute atomic E-state index is 0.294. The lowest BCUT2D eigenvalue weighted by atomic mass is 9.93. The third-order valence-corrected chi connectivity index (χ3v) is 2.96. The molecule has 2 aliphatic rings. The standard InChI is InChI=1S/C12H17NO/c14-12-8-4-5-9-13(12)10-11-6-2-1-3-7-11/h1-2,5,9,11H,3-4,6-8,10H2. The van der Waals surface area contributed by atoms with Crippen molar-refractivity contribution in [3.63, 3.8) is 0 Å². The summed E-state index contributed by atoms with van der Waals surface area (Å²) in [6, 6.07) is 0. The van der Waals surface area contributed by atoms with Crippen molar-refractivity contribution in [1.29, 1.82) is 0 Å². The third kappa shape index (κ3) is 2.25. The fourth-order valence-corrected chi connectivity index (χ4v) is 2.10. The molecule has 1 unspecified atom stereocenters. The highest BCUT2D eigenvalue weighted by molar-refractivity contribution is 5.78. The van der Waals surface area contributed by atoms with E-state index in [-0.39, 0.29) is 0 Å². The maximum absolute atomic E-state index is 11.5. The Kier molecular flexibility index (Phi) is 3.02. The molecule has 0 aromatic heterocycles. The molecule has 1 amide bonds. The highest BCUT2D eigenvalue weighted by Crippen LogP contribution is 2.21. The minimum atomic E-state index is 0.294. The highest BCUT2D eigenvalue weighted by Gasteiger charge is 2.18. The molecule has 14 heavy (non-hydrogen) atoms. The molecule has 2 heteroatoms. The van der Waals surface area contributed by atoms with Crippen LogP contribution in [0.3, 0.4) is 0 Å². The number of hydrogen-bond acceptors (Lipinski definition) is 1. The van der Waals surface area contributed by atoms with Gasteiger partial charge in [-0.15, -0.1) is 0 Å². The Balaban J connectivity index is 1.89. The molecule has 0 spiro atoms. The van der Waals surface area contributed by atoms with Crippen molar-refractivity contribution in [2.45, 2.75) is 32.1 Å². The van der Waals surface area contributed by atoms with Gasteiger partial charge in [0.25, 0.3) is 0 Å². The molecule has 76 valence electrons. The average Bonchev–Trinajstić information content (AvgIpc) is 2.23. The molecular weight excluding hydrogens is 174 g/mol. The summed E-state index contributed by atoms with van der Waals surface area (Å²) < 4.78 is 0. The molecule has 0 saturated carbocycles. The number of carbonyl (C=O) groups excluding carboxylic acids is 1. The van der Waals surface area contributed by atoms with Gasteiger partial charge in [-0.25, -0.2) is 0 Å². The predicted molar refractivity (Wildman–Crippen MR) is 56.6 cm³/mol. The molecule has 2 nitrogen and oxygen atoms in total. The van der Waals surface area contributed by atoms with Crippen molar-refractivity contribution < 1.29 is 4.79 Å². The minimum Gasteiger partial charge on any atom is -0.319 e. The van der Waals surface area contributed by atoms with Crippen LogP contribution >= 0.6 is 0 Å². The van der Waals surface area contributed by atoms with Crippen molar-refractivity contribution >= 4 is 5.91 Å². The molecule has 0 N–H and O–H groups in total. The van der Waals surface area contributed by atoms with Gasteiger partial charge in [-0.1, -0.05) is 18.2 Å². The monoisotopic (exact) mass is 191 g/mol. The molecule has 2 rings (SSSR count). The summed E-state index contributed by atoms with van der Waals surface area (Å²) in [5, 5.41) is 0. The van der Waals surface area contributed by atoms with Gasteiger partial charge in [0.2, 0.25) is 5.91 Å². The largest absolute Gasteiger partial charge is 0.319 e. The molecule has 0 fully saturated rings. The van der Waals surface area contributed by atoms with Gasteiger partial charge in [0.15, 0.2) is 0 Å². The molecule has 0 radical (unpaired) electrons. The lowest BCUT2D eigenvalue weighted by Gasteiger charge is -2.27. The van der Waals surface area contributed by atoms with Gasteiger partial charge < -0.3 is 4.90 Å². The number of carbonyl (C=O) groups is 1. The van der Waals surface area contributed by atoms with Crippen molar-refractivity contribution in [2.24, 2.45) is 5.92 Å². The summed E-state index contributed by atoms with van der Waals surface area (Å²) in [5.74, 6) is 0.966. The van der Waals surface area contributed by atoms with Gasteiger partial charge in [0.05, 0.1) is 0 Å². The van der Waals surface area contributed by atoms with Crippen molar-refractivity contribution in [3.05, 3.63) is 24.4 Å². The smallest absolute Gasteiger partial charge is 0.226 e. The number of hydrogen-bond donors (Lipinski definition) is 0. The zero-order valence-electron chi connectivity index (χ0n) is 8.48. The van der Waals surface area contributed by atoms with E-state index in [0.717, 1.165) is 19.4 Å². The maximum Gasteiger partial charge on any atom is 0.226 e. The summed E-state index contributed by atoms with van der Waals surface area (Å²) in [6.07, 6.45) is 13.7. The number of allylic oxidation sites excluding steroid dienone is 3. The second-order valence-corrected chi connectivity index (χ2v) is 4.12. The topological polar surface area (TPSA) is 20.3 Å². The van der Waals surface area contributed by atoms with Crippen LogP contribution in [-0.4, -0.2) is 17.4 Å². The molecule has 1 heterocycles. The van der Waals surface area contributed by atoms with Crippen molar-refractivity contribution in [2.75, 3.05) is 6.54 Å². The Morgan fingerprint density at radius 2 is 2.21 bits per heavy atom. The lowest BCUT2D eigenvalue weighted by Crippen LogP contribution is -2.32. The maximum atomic E-state index is 11.5. The quantitative estimate of drug-likeness (QED) is 0.614. The van der Waals surface area contributed by atoms with E-state index in [0.29, 0.717) is 18.2 Å². The lowest BCUT2D eigenvalue weighted by molar-refractivity contribution is -0.129. The van der Waals surface area contributed by atoms with Crippen LogP contribution in [0.1, 0.15) is 32.1 Å². The first kappa shape index (κ1) is 9.50. The fourth-order valence-electron chi connectivity index (χ4n) is 2.10. The highest BCUT2D eigenvalue weighted by atomic mass is 16.2. The van der Waals surface area contributed by atoms with E-state index in [1.54, 1.807) is 0 Å². The van der Waals surface area contributed by atoms with Crippen LogP contribution in [0.25, 0.3) is 0 Å². The molecule has 1 aliphatic heterocycles. The molecule has 0 bridgehead atoms. The van der Waals surface area contributed by atoms with Crippen LogP contribution in [0.4, 0.5) is 0 Å². The van der Waals surface area contributed by atoms with Gasteiger partial charge in [-0.05, 0) is 31.6 Å². The second kappa shape index (κ2) is 4.45. The van der Waals surface area contributed by atoms with E-state index in [1.165, 1.54) is 12.8 Å². The van der Waals surface area contributed by atoms with E-state index in [4.69, 9.17) is 0 Å². The Hall–Kier alpha value is -1.05. The Morgan fingerprint density at radius 1 is 1.29 bits per heavy atom. The van der Waals surface area contributed by atoms with Gasteiger partial charge in [0.1, 0.15) is 0 Å². The van der Waals surface area contributed by atoms with E-state index < -0.39 is 0 Å². The number of amides is 1. The Morgan fingerprint density at radius 3 is 2.93 bits per heavy atom. The Bertz CT molecular complexity index is 267. The second-order valence-electron chi connectivity index (χ2n) is 4.12. The van der Waals surface area contributed by atoms with E-state index in [9.17, 15) is 4.79 Å². The first-order chi connectivity index (χ1) is 6.86. The molecule has 0 aromatic rings. The first-order valence-corrected chi connectivity index (χ1v) is 5.47. The molecular formula is C12H17NO. The first-order valence-electron chi connectivity index (χ1n) is 5.47. The normalized spacial score (nSPS) is 27.0. The van der Waals surface area contributed by atoms with Crippen LogP contribution in [0.15, 0.2) is 24.4 Å². The van der Waals surface area contributed by atoms with Crippen molar-refractivity contribution in [1.82, 2.24) is 4.90 Å². The van der Waals surface area contributed by atoms with Crippen LogP contribution in [-0.2, 0) is 4.79 Å². The molecule has 1 aliphatic carbocycles. The summed E-state index contributed by atoms with van der Waals surface area (Å²) in [7, 11) is 0. The molecule has 1 atom stereocenters. The molecule has 0 aromatic carbocycles. The van der Waals surface area contributed by atoms with Gasteiger partial charge in [-0.3, -0.25) is 4.79 Å². The van der Waals surface area contributed by atoms with Crippen LogP contribution in [0, 0.1) is 5.92 Å². The average molecular weight is 191 g/mol. The molecule has 0 saturated heterocycles. The number of rotatable bonds is 2. The Labute approximate surface area is 85.3 Å². The zero-order chi connectivity index (χ0) is 9.80. The van der Waals surface area contributed by atoms with E-state index in [2.05, 4.69) is 18.2 Å². The van der Waals surface area contributed by atoms with Crippen LogP contribution < -0.4 is 0 Å². The summed E-state index contributed by atoms with van der Waals surface area (Å²) in [4.78, 5) is 13.4. The SMILES string of the molecule is O=C1CCC=CN1CC1CC=CCC1. The predicted octanol–water partition coefficient (Wildman–Crippen LogP) is 2.48. The zero-order valence-corrected chi connectivity index (χ0v) is 8.48. The fraction of sp³-hybridized carbons (Fsp3) is 0.583. The van der Waals surface area contributed by atoms with Gasteiger partial charge >= 0.3 is 0 Å². The summed E-state index contributed by atoms with van der Waals surface area (Å²) >= 11 is 0. The summed E-state index contributed by atoms with van der Waals surface area (Å²) in [6.45, 7) is 0.916. The summed E-state index contributed by atoms with van der Waals surface area (Å²) in [5.41, 5.74) is 0. The van der Waals surface area contributed by atoms with E-state index in [1.807, 2.05) is 11.1 Å². The van der Waals surface area contributed by atoms with Crippen molar-refractivity contribution in [3.8, 4) is 0 Å². The van der Waals surface area contributed by atoms with E-state index >= 15 is 0 Å². The third-order valence-electron chi connectivity index (χ3n) is 2.96. The van der Waals surface area contributed by atoms with Gasteiger partial charge in [0, 0.05) is 19.2 Å². The van der Waals surface area contributed by atoms with Gasteiger partial charge in [-0.2, -0.15) is 0 Å².